The number of rotatable bonds is 0. The van der Waals surface area contributed by atoms with Crippen molar-refractivity contribution in [1.82, 2.24) is 0 Å². The third-order valence-corrected chi connectivity index (χ3v) is 0. The molecule has 2 N–H and O–H groups in total. The molecule has 0 amide bonds. The van der Waals surface area contributed by atoms with E-state index in [-0.39, 0.29) is 137 Å². The van der Waals surface area contributed by atoms with Crippen molar-refractivity contribution in [2.75, 3.05) is 0 Å². The summed E-state index contributed by atoms with van der Waals surface area (Å²) in [7, 11) is 0. The first-order valence-electron chi connectivity index (χ1n) is 0. The molecule has 3 radical (unpaired) electrons. The maximum Gasteiger partial charge on any atom is 2.00 e. The summed E-state index contributed by atoms with van der Waals surface area (Å²) in [4.78, 5) is 0. The zero-order valence-electron chi connectivity index (χ0n) is 4.96. The van der Waals surface area contributed by atoms with Gasteiger partial charge in [0.05, 0.1) is 0 Å². The monoisotopic (exact) mass is 399 g/mol. The SMILES string of the molecule is O.S.[Cu].[H-].[H-].[La].[Mn].[Sr+2]. The van der Waals surface area contributed by atoms with Crippen molar-refractivity contribution in [2.45, 2.75) is 0 Å². The van der Waals surface area contributed by atoms with Crippen molar-refractivity contribution in [1.29, 1.82) is 0 Å². The Balaban J connectivity index is 0. The van der Waals surface area contributed by atoms with Crippen LogP contribution in [0.1, 0.15) is 2.85 Å². The number of hydrogen-bond acceptors (Lipinski definition) is 0. The van der Waals surface area contributed by atoms with Crippen LogP contribution in [-0.4, -0.2) is 51.0 Å². The van der Waals surface area contributed by atoms with Gasteiger partial charge >= 0.3 is 45.5 Å². The van der Waals surface area contributed by atoms with Crippen LogP contribution in [0, 0.1) is 35.6 Å². The van der Waals surface area contributed by atoms with Crippen LogP contribution in [0.2, 0.25) is 0 Å². The van der Waals surface area contributed by atoms with Gasteiger partial charge in [0.2, 0.25) is 0 Å². The fraction of sp³-hybridized carbons (Fsp3) is 0. The predicted octanol–water partition coefficient (Wildman–Crippen LogP) is -0.873. The molecule has 0 aromatic heterocycles. The van der Waals surface area contributed by atoms with Gasteiger partial charge < -0.3 is 8.33 Å². The summed E-state index contributed by atoms with van der Waals surface area (Å²) in [6.45, 7) is 0. The van der Waals surface area contributed by atoms with Crippen LogP contribution in [0.3, 0.4) is 0 Å². The molecule has 6 heavy (non-hydrogen) atoms. The van der Waals surface area contributed by atoms with E-state index < -0.39 is 0 Å². The molecule has 0 saturated carbocycles. The Morgan fingerprint density at radius 3 is 1.17 bits per heavy atom. The van der Waals surface area contributed by atoms with Gasteiger partial charge in [-0.05, 0) is 0 Å². The Kier molecular flexibility index (Phi) is 301. The zero-order chi connectivity index (χ0) is 0. The maximum atomic E-state index is 0. The molecule has 0 aromatic carbocycles. The van der Waals surface area contributed by atoms with Crippen LogP contribution in [0.15, 0.2) is 0 Å². The normalized spacial score (nSPS) is 0. The van der Waals surface area contributed by atoms with E-state index in [0.29, 0.717) is 0 Å². The van der Waals surface area contributed by atoms with E-state index in [1.165, 1.54) is 0 Å². The zero-order valence-corrected chi connectivity index (χ0v) is 13.2. The van der Waals surface area contributed by atoms with Crippen molar-refractivity contribution in [2.24, 2.45) is 0 Å². The van der Waals surface area contributed by atoms with Crippen LogP contribution in [0.4, 0.5) is 0 Å². The minimum atomic E-state index is 0. The second-order valence-corrected chi connectivity index (χ2v) is 0. The summed E-state index contributed by atoms with van der Waals surface area (Å²) in [5.41, 5.74) is 0. The summed E-state index contributed by atoms with van der Waals surface area (Å²) in [6.07, 6.45) is 0. The molecule has 0 rings (SSSR count). The van der Waals surface area contributed by atoms with Crippen molar-refractivity contribution < 1.29 is 78.1 Å². The second-order valence-electron chi connectivity index (χ2n) is 0. The molecule has 0 aliphatic rings. The van der Waals surface area contributed by atoms with E-state index in [4.69, 9.17) is 0 Å². The Labute approximate surface area is 134 Å². The van der Waals surface area contributed by atoms with Gasteiger partial charge in [-0.25, -0.2) is 0 Å². The van der Waals surface area contributed by atoms with E-state index in [1.807, 2.05) is 0 Å². The average Bonchev–Trinajstić information content (AvgIpc) is 0. The molecule has 41 valence electrons. The summed E-state index contributed by atoms with van der Waals surface area (Å²) >= 11 is 0. The maximum absolute atomic E-state index is 0. The van der Waals surface area contributed by atoms with Crippen LogP contribution in [-0.2, 0) is 34.1 Å². The molecule has 0 heterocycles. The third kappa shape index (κ3) is 24.4. The first kappa shape index (κ1) is 50.4. The van der Waals surface area contributed by atoms with E-state index in [9.17, 15) is 0 Å². The second kappa shape index (κ2) is 35.9. The molecule has 0 atom stereocenters. The van der Waals surface area contributed by atoms with Crippen LogP contribution in [0.5, 0.6) is 0 Å². The van der Waals surface area contributed by atoms with Crippen LogP contribution >= 0.6 is 13.5 Å². The number of hydrogen-bond donors (Lipinski definition) is 0. The molecule has 1 nitrogen and oxygen atoms in total. The van der Waals surface area contributed by atoms with E-state index in [0.717, 1.165) is 0 Å². The Hall–Kier alpha value is 4.02. The predicted molar refractivity (Wildman–Crippen MR) is 22.0 cm³/mol. The van der Waals surface area contributed by atoms with Gasteiger partial charge in [0.15, 0.2) is 0 Å². The van der Waals surface area contributed by atoms with Crippen LogP contribution < -0.4 is 0 Å². The largest absolute Gasteiger partial charge is 2.00 e. The molecule has 0 aliphatic carbocycles. The fourth-order valence-corrected chi connectivity index (χ4v) is 0. The van der Waals surface area contributed by atoms with Gasteiger partial charge in [-0.1, -0.05) is 0 Å². The summed E-state index contributed by atoms with van der Waals surface area (Å²) < 4.78 is 0. The Bertz CT molecular complexity index is 22.0. The third-order valence-electron chi connectivity index (χ3n) is 0. The molecular formula is H6CuLaMnOSSr. The standard InChI is InChI=1S/Cu.La.Mn.H2O.H2S.Sr.2H/h;;;2*1H2;;;/q;;;;;+2;2*-1. The summed E-state index contributed by atoms with van der Waals surface area (Å²) in [6, 6.07) is 0. The summed E-state index contributed by atoms with van der Waals surface area (Å²) in [5.74, 6) is 0. The molecule has 0 fully saturated rings. The molecule has 0 bridgehead atoms. The van der Waals surface area contributed by atoms with Crippen molar-refractivity contribution in [3.8, 4) is 0 Å². The van der Waals surface area contributed by atoms with Gasteiger partial charge in [0.1, 0.15) is 0 Å². The smallest absolute Gasteiger partial charge is 1.00 e. The van der Waals surface area contributed by atoms with E-state index in [2.05, 4.69) is 0 Å². The Morgan fingerprint density at radius 1 is 1.17 bits per heavy atom. The van der Waals surface area contributed by atoms with E-state index >= 15 is 0 Å². The topological polar surface area (TPSA) is 31.5 Å². The van der Waals surface area contributed by atoms with Gasteiger partial charge in [-0.2, -0.15) is 13.5 Å². The van der Waals surface area contributed by atoms with Crippen molar-refractivity contribution in [3.63, 3.8) is 0 Å². The van der Waals surface area contributed by atoms with Gasteiger partial charge in [-0.3, -0.25) is 0 Å². The van der Waals surface area contributed by atoms with Crippen molar-refractivity contribution in [3.05, 3.63) is 0 Å². The first-order valence-corrected chi connectivity index (χ1v) is 0. The van der Waals surface area contributed by atoms with Crippen LogP contribution in [0.25, 0.3) is 0 Å². The molecule has 0 aliphatic heterocycles. The molecule has 6 heteroatoms. The molecule has 0 spiro atoms. The van der Waals surface area contributed by atoms with Gasteiger partial charge in [0.25, 0.3) is 0 Å². The molecule has 0 aromatic rings. The van der Waals surface area contributed by atoms with E-state index in [1.54, 1.807) is 0 Å². The molecular weight excluding hydrogens is 393 g/mol. The first-order chi connectivity index (χ1) is 0. The molecule has 0 unspecified atom stereocenters. The average molecular weight is 399 g/mol. The van der Waals surface area contributed by atoms with Crippen molar-refractivity contribution >= 4 is 59.0 Å². The minimum Gasteiger partial charge on any atom is -1.00 e. The minimum absolute atomic E-state index is 0. The summed E-state index contributed by atoms with van der Waals surface area (Å²) in [5, 5.41) is 0. The quantitative estimate of drug-likeness (QED) is 0.475. The van der Waals surface area contributed by atoms with Gasteiger partial charge in [0, 0.05) is 69.7 Å². The van der Waals surface area contributed by atoms with Gasteiger partial charge in [-0.15, -0.1) is 0 Å². The fourth-order valence-electron chi connectivity index (χ4n) is 0. The Morgan fingerprint density at radius 2 is 1.17 bits per heavy atom. The molecule has 0 saturated heterocycles.